The second-order valence-corrected chi connectivity index (χ2v) is 6.09. The summed E-state index contributed by atoms with van der Waals surface area (Å²) in [6.45, 7) is 0. The molecule has 0 unspecified atom stereocenters. The molecule has 4 aromatic rings. The number of aromatic nitrogens is 1. The number of hydrogen-bond donors (Lipinski definition) is 1. The first-order valence-corrected chi connectivity index (χ1v) is 8.17. The topological polar surface area (TPSA) is 72.2 Å². The van der Waals surface area contributed by atoms with Gasteiger partial charge in [-0.05, 0) is 24.3 Å². The van der Waals surface area contributed by atoms with E-state index >= 15 is 0 Å². The Morgan fingerprint density at radius 2 is 1.58 bits per heavy atom. The second kappa shape index (κ2) is 5.39. The number of fused-ring (bicyclic) bond motifs is 2. The van der Waals surface area contributed by atoms with Crippen molar-refractivity contribution in [3.63, 3.8) is 0 Å². The smallest absolute Gasteiger partial charge is 0.258 e. The molecule has 1 heterocycles. The number of hydrogen-bond acceptors (Lipinski definition) is 4. The molecule has 0 saturated heterocycles. The number of nitrogens with zero attached hydrogens (tertiary/aromatic N) is 1. The molecule has 1 aromatic heterocycles. The normalized spacial score (nSPS) is 12.1. The SMILES string of the molecule is O=C(Nc1ccccc1)c1ccc2c3c(onc13)-c1ccccc1C2=O. The van der Waals surface area contributed by atoms with Crippen LogP contribution in [0.4, 0.5) is 5.69 Å². The number of carbonyl (C=O) groups is 2. The molecule has 1 aliphatic rings. The fraction of sp³-hybridized carbons (Fsp3) is 0. The first-order valence-electron chi connectivity index (χ1n) is 8.17. The van der Waals surface area contributed by atoms with E-state index in [1.54, 1.807) is 30.3 Å². The summed E-state index contributed by atoms with van der Waals surface area (Å²) in [5.74, 6) is 0.143. The molecule has 124 valence electrons. The van der Waals surface area contributed by atoms with Crippen LogP contribution in [0.5, 0.6) is 0 Å². The summed E-state index contributed by atoms with van der Waals surface area (Å²) in [6, 6.07) is 19.7. The summed E-state index contributed by atoms with van der Waals surface area (Å²) in [7, 11) is 0. The lowest BCUT2D eigenvalue weighted by Gasteiger charge is -2.14. The van der Waals surface area contributed by atoms with Crippen LogP contribution in [-0.4, -0.2) is 16.8 Å². The van der Waals surface area contributed by atoms with Crippen LogP contribution in [0, 0.1) is 0 Å². The molecule has 5 heteroatoms. The Bertz CT molecular complexity index is 1190. The van der Waals surface area contributed by atoms with E-state index in [2.05, 4.69) is 10.5 Å². The van der Waals surface area contributed by atoms with Gasteiger partial charge in [-0.2, -0.15) is 0 Å². The number of anilines is 1. The van der Waals surface area contributed by atoms with Crippen molar-refractivity contribution in [2.24, 2.45) is 0 Å². The zero-order valence-corrected chi connectivity index (χ0v) is 13.5. The Kier molecular flexibility index (Phi) is 3.03. The standard InChI is InChI=1S/C21H12N2O3/c24-19-13-8-4-5-9-14(13)20-17-15(19)10-11-16(18(17)23-26-20)21(25)22-12-6-2-1-3-7-12/h1-11H,(H,22,25). The molecule has 1 aliphatic carbocycles. The van der Waals surface area contributed by atoms with E-state index in [1.165, 1.54) is 0 Å². The molecule has 0 spiro atoms. The maximum Gasteiger partial charge on any atom is 0.258 e. The molecule has 5 rings (SSSR count). The number of benzene rings is 3. The average Bonchev–Trinajstić information content (AvgIpc) is 3.12. The van der Waals surface area contributed by atoms with Gasteiger partial charge in [0.15, 0.2) is 11.5 Å². The third-order valence-corrected chi connectivity index (χ3v) is 4.57. The highest BCUT2D eigenvalue weighted by Gasteiger charge is 2.30. The lowest BCUT2D eigenvalue weighted by atomic mass is 9.87. The third-order valence-electron chi connectivity index (χ3n) is 4.57. The van der Waals surface area contributed by atoms with Gasteiger partial charge in [-0.3, -0.25) is 9.59 Å². The van der Waals surface area contributed by atoms with Crippen LogP contribution in [0.2, 0.25) is 0 Å². The van der Waals surface area contributed by atoms with Crippen molar-refractivity contribution in [2.45, 2.75) is 0 Å². The van der Waals surface area contributed by atoms with Crippen molar-refractivity contribution in [3.05, 3.63) is 83.4 Å². The maximum atomic E-state index is 12.8. The van der Waals surface area contributed by atoms with E-state index < -0.39 is 0 Å². The molecule has 0 radical (unpaired) electrons. The van der Waals surface area contributed by atoms with Crippen LogP contribution in [0.3, 0.4) is 0 Å². The number of amides is 1. The Balaban J connectivity index is 1.67. The highest BCUT2D eigenvalue weighted by Crippen LogP contribution is 2.40. The van der Waals surface area contributed by atoms with E-state index in [9.17, 15) is 9.59 Å². The van der Waals surface area contributed by atoms with Crippen molar-refractivity contribution in [1.29, 1.82) is 0 Å². The largest absolute Gasteiger partial charge is 0.355 e. The van der Waals surface area contributed by atoms with E-state index in [0.29, 0.717) is 44.6 Å². The van der Waals surface area contributed by atoms with Gasteiger partial charge in [0, 0.05) is 22.4 Å². The molecule has 5 nitrogen and oxygen atoms in total. The van der Waals surface area contributed by atoms with E-state index in [1.807, 2.05) is 36.4 Å². The first kappa shape index (κ1) is 14.6. The minimum absolute atomic E-state index is 0.0867. The van der Waals surface area contributed by atoms with Crippen molar-refractivity contribution < 1.29 is 14.1 Å². The third kappa shape index (κ3) is 2.01. The fourth-order valence-corrected chi connectivity index (χ4v) is 3.35. The molecule has 26 heavy (non-hydrogen) atoms. The number of ketones is 1. The Morgan fingerprint density at radius 1 is 0.846 bits per heavy atom. The van der Waals surface area contributed by atoms with Crippen molar-refractivity contribution in [3.8, 4) is 11.3 Å². The second-order valence-electron chi connectivity index (χ2n) is 6.09. The molecule has 1 N–H and O–H groups in total. The van der Waals surface area contributed by atoms with Gasteiger partial charge in [0.1, 0.15) is 5.52 Å². The predicted octanol–water partition coefficient (Wildman–Crippen LogP) is 4.29. The van der Waals surface area contributed by atoms with Crippen molar-refractivity contribution >= 4 is 28.3 Å². The molecule has 3 aromatic carbocycles. The van der Waals surface area contributed by atoms with Gasteiger partial charge in [0.05, 0.1) is 10.9 Å². The van der Waals surface area contributed by atoms with Gasteiger partial charge in [0.2, 0.25) is 0 Å². The number of para-hydroxylation sites is 1. The van der Waals surface area contributed by atoms with Crippen LogP contribution in [0.15, 0.2) is 71.3 Å². The molecule has 0 fully saturated rings. The quantitative estimate of drug-likeness (QED) is 0.520. The Morgan fingerprint density at radius 3 is 2.38 bits per heavy atom. The minimum Gasteiger partial charge on any atom is -0.355 e. The van der Waals surface area contributed by atoms with Crippen LogP contribution in [0.1, 0.15) is 26.3 Å². The van der Waals surface area contributed by atoms with Crippen LogP contribution < -0.4 is 5.32 Å². The van der Waals surface area contributed by atoms with Crippen LogP contribution >= 0.6 is 0 Å². The van der Waals surface area contributed by atoms with Gasteiger partial charge < -0.3 is 9.84 Å². The lowest BCUT2D eigenvalue weighted by Crippen LogP contribution is -2.14. The molecule has 1 amide bonds. The number of nitrogens with one attached hydrogen (secondary N) is 1. The molecular weight excluding hydrogens is 328 g/mol. The number of rotatable bonds is 2. The molecule has 0 atom stereocenters. The van der Waals surface area contributed by atoms with Crippen molar-refractivity contribution in [2.75, 3.05) is 5.32 Å². The molecule has 0 saturated carbocycles. The summed E-state index contributed by atoms with van der Waals surface area (Å²) in [4.78, 5) is 25.5. The zero-order valence-electron chi connectivity index (χ0n) is 13.5. The van der Waals surface area contributed by atoms with E-state index in [-0.39, 0.29) is 11.7 Å². The first-order chi connectivity index (χ1) is 12.7. The van der Waals surface area contributed by atoms with Gasteiger partial charge in [-0.15, -0.1) is 0 Å². The van der Waals surface area contributed by atoms with Crippen LogP contribution in [0.25, 0.3) is 22.2 Å². The summed E-state index contributed by atoms with van der Waals surface area (Å²) in [5, 5.41) is 7.53. The predicted molar refractivity (Wildman–Crippen MR) is 97.3 cm³/mol. The molecule has 0 bridgehead atoms. The average molecular weight is 340 g/mol. The molecular formula is C21H12N2O3. The zero-order chi connectivity index (χ0) is 17.7. The van der Waals surface area contributed by atoms with E-state index in [0.717, 1.165) is 0 Å². The fourth-order valence-electron chi connectivity index (χ4n) is 3.35. The molecule has 0 aliphatic heterocycles. The summed E-state index contributed by atoms with van der Waals surface area (Å²) in [5.41, 5.74) is 3.24. The monoisotopic (exact) mass is 340 g/mol. The summed E-state index contributed by atoms with van der Waals surface area (Å²) in [6.07, 6.45) is 0. The van der Waals surface area contributed by atoms with Gasteiger partial charge in [0.25, 0.3) is 5.91 Å². The highest BCUT2D eigenvalue weighted by molar-refractivity contribution is 6.27. The van der Waals surface area contributed by atoms with Gasteiger partial charge in [-0.1, -0.05) is 47.6 Å². The van der Waals surface area contributed by atoms with Crippen molar-refractivity contribution in [1.82, 2.24) is 5.16 Å². The number of carbonyl (C=O) groups excluding carboxylic acids is 2. The van der Waals surface area contributed by atoms with Crippen LogP contribution in [-0.2, 0) is 0 Å². The Labute approximate surface area is 148 Å². The van der Waals surface area contributed by atoms with E-state index in [4.69, 9.17) is 4.52 Å². The minimum atomic E-state index is -0.297. The lowest BCUT2D eigenvalue weighted by molar-refractivity contribution is 0.102. The summed E-state index contributed by atoms with van der Waals surface area (Å²) >= 11 is 0. The Hall–Kier alpha value is -3.73. The summed E-state index contributed by atoms with van der Waals surface area (Å²) < 4.78 is 5.53. The van der Waals surface area contributed by atoms with Gasteiger partial charge >= 0.3 is 0 Å². The maximum absolute atomic E-state index is 12.8. The highest BCUT2D eigenvalue weighted by atomic mass is 16.5. The van der Waals surface area contributed by atoms with Gasteiger partial charge in [-0.25, -0.2) is 0 Å².